The van der Waals surface area contributed by atoms with E-state index < -0.39 is 10.9 Å². The van der Waals surface area contributed by atoms with Gasteiger partial charge in [-0.15, -0.1) is 0 Å². The fourth-order valence-electron chi connectivity index (χ4n) is 1.94. The van der Waals surface area contributed by atoms with E-state index in [4.69, 9.17) is 5.11 Å². The Hall–Kier alpha value is -1.96. The van der Waals surface area contributed by atoms with Crippen LogP contribution in [0.2, 0.25) is 0 Å². The van der Waals surface area contributed by atoms with E-state index in [-0.39, 0.29) is 34.1 Å². The number of halogens is 1. The van der Waals surface area contributed by atoms with Crippen LogP contribution in [0.15, 0.2) is 18.2 Å². The summed E-state index contributed by atoms with van der Waals surface area (Å²) in [6.45, 7) is 0.344. The second-order valence-electron chi connectivity index (χ2n) is 4.07. The van der Waals surface area contributed by atoms with Gasteiger partial charge in [-0.3, -0.25) is 14.9 Å². The fourth-order valence-corrected chi connectivity index (χ4v) is 2.51. The lowest BCUT2D eigenvalue weighted by Crippen LogP contribution is -2.26. The highest BCUT2D eigenvalue weighted by Gasteiger charge is 2.32. The van der Waals surface area contributed by atoms with E-state index in [0.29, 0.717) is 6.54 Å². The van der Waals surface area contributed by atoms with Crippen molar-refractivity contribution in [2.75, 3.05) is 11.4 Å². The maximum Gasteiger partial charge on any atom is 0.338 e. The van der Waals surface area contributed by atoms with Gasteiger partial charge in [0.15, 0.2) is 0 Å². The standard InChI is InChI=1S/C11H9BrN2O5/c12-6-3-10(15)13(5-6)9-2-1-7(14(18)19)4-8(9)11(16)17/h1-2,4,6H,3,5H2,(H,16,17). The van der Waals surface area contributed by atoms with Gasteiger partial charge in [-0.1, -0.05) is 15.9 Å². The Bertz CT molecular complexity index is 574. The third-order valence-corrected chi connectivity index (χ3v) is 3.40. The Morgan fingerprint density at radius 2 is 2.21 bits per heavy atom. The first-order valence-electron chi connectivity index (χ1n) is 5.36. The Kier molecular flexibility index (Phi) is 3.52. The molecule has 1 aliphatic rings. The summed E-state index contributed by atoms with van der Waals surface area (Å²) in [5, 5.41) is 19.8. The van der Waals surface area contributed by atoms with Gasteiger partial charge >= 0.3 is 5.97 Å². The molecule has 1 heterocycles. The van der Waals surface area contributed by atoms with E-state index in [0.717, 1.165) is 6.07 Å². The van der Waals surface area contributed by atoms with Crippen molar-refractivity contribution in [3.05, 3.63) is 33.9 Å². The molecule has 1 unspecified atom stereocenters. The topological polar surface area (TPSA) is 101 Å². The zero-order valence-electron chi connectivity index (χ0n) is 9.58. The number of benzene rings is 1. The predicted molar refractivity (Wildman–Crippen MR) is 69.7 cm³/mol. The Morgan fingerprint density at radius 3 is 2.68 bits per heavy atom. The minimum atomic E-state index is -1.30. The number of nitrogens with zero attached hydrogens (tertiary/aromatic N) is 2. The highest BCUT2D eigenvalue weighted by Crippen LogP contribution is 2.30. The number of carbonyl (C=O) groups is 2. The largest absolute Gasteiger partial charge is 0.478 e. The molecule has 1 atom stereocenters. The van der Waals surface area contributed by atoms with E-state index in [9.17, 15) is 19.7 Å². The summed E-state index contributed by atoms with van der Waals surface area (Å²) in [5.74, 6) is -1.51. The van der Waals surface area contributed by atoms with Crippen LogP contribution in [0.5, 0.6) is 0 Å². The minimum absolute atomic E-state index is 0.0446. The number of carboxylic acid groups (broad SMARTS) is 1. The zero-order valence-corrected chi connectivity index (χ0v) is 11.2. The second kappa shape index (κ2) is 4.96. The molecule has 8 heteroatoms. The normalized spacial score (nSPS) is 18.7. The number of aromatic carboxylic acids is 1. The number of carboxylic acids is 1. The van der Waals surface area contributed by atoms with Crippen molar-refractivity contribution in [3.63, 3.8) is 0 Å². The SMILES string of the molecule is O=C(O)c1cc([N+](=O)[O-])ccc1N1CC(Br)CC1=O. The quantitative estimate of drug-likeness (QED) is 0.518. The predicted octanol–water partition coefficient (Wildman–Crippen LogP) is 1.79. The molecule has 7 nitrogen and oxygen atoms in total. The number of rotatable bonds is 3. The number of carbonyl (C=O) groups excluding carboxylic acids is 1. The lowest BCUT2D eigenvalue weighted by Gasteiger charge is -2.18. The van der Waals surface area contributed by atoms with Crippen LogP contribution < -0.4 is 4.90 Å². The van der Waals surface area contributed by atoms with Gasteiger partial charge in [-0.05, 0) is 6.07 Å². The lowest BCUT2D eigenvalue weighted by atomic mass is 10.1. The van der Waals surface area contributed by atoms with Gasteiger partial charge in [0.25, 0.3) is 5.69 Å². The molecule has 1 fully saturated rings. The maximum atomic E-state index is 11.7. The molecule has 1 aromatic carbocycles. The first-order valence-corrected chi connectivity index (χ1v) is 6.28. The van der Waals surface area contributed by atoms with Gasteiger partial charge in [0.05, 0.1) is 16.2 Å². The van der Waals surface area contributed by atoms with E-state index in [2.05, 4.69) is 15.9 Å². The summed E-state index contributed by atoms with van der Waals surface area (Å²) in [4.78, 5) is 34.2. The molecular weight excluding hydrogens is 320 g/mol. The molecule has 0 radical (unpaired) electrons. The van der Waals surface area contributed by atoms with Crippen LogP contribution in [0.3, 0.4) is 0 Å². The summed E-state index contributed by atoms with van der Waals surface area (Å²) in [6.07, 6.45) is 0.274. The molecule has 1 N–H and O–H groups in total. The van der Waals surface area contributed by atoms with Crippen LogP contribution in [-0.2, 0) is 4.79 Å². The van der Waals surface area contributed by atoms with E-state index >= 15 is 0 Å². The van der Waals surface area contributed by atoms with Gasteiger partial charge in [0.1, 0.15) is 0 Å². The van der Waals surface area contributed by atoms with Crippen molar-refractivity contribution in [1.29, 1.82) is 0 Å². The van der Waals surface area contributed by atoms with Gasteiger partial charge in [0.2, 0.25) is 5.91 Å². The third-order valence-electron chi connectivity index (χ3n) is 2.79. The Labute approximate surface area is 116 Å². The van der Waals surface area contributed by atoms with Crippen LogP contribution in [-0.4, -0.2) is 33.3 Å². The van der Waals surface area contributed by atoms with Crippen LogP contribution >= 0.6 is 15.9 Å². The van der Waals surface area contributed by atoms with Crippen molar-refractivity contribution >= 4 is 39.2 Å². The summed E-state index contributed by atoms with van der Waals surface area (Å²) >= 11 is 3.30. The monoisotopic (exact) mass is 328 g/mol. The summed E-state index contributed by atoms with van der Waals surface area (Å²) < 4.78 is 0. The first-order chi connectivity index (χ1) is 8.90. The number of nitro groups is 1. The Balaban J connectivity index is 2.48. The molecular formula is C11H9BrN2O5. The van der Waals surface area contributed by atoms with Gasteiger partial charge < -0.3 is 10.0 Å². The summed E-state index contributed by atoms with van der Waals surface area (Å²) in [6, 6.07) is 3.45. The summed E-state index contributed by atoms with van der Waals surface area (Å²) in [7, 11) is 0. The molecule has 1 aromatic rings. The molecule has 0 spiro atoms. The van der Waals surface area contributed by atoms with Gasteiger partial charge in [-0.25, -0.2) is 4.79 Å². The van der Waals surface area contributed by atoms with E-state index in [1.54, 1.807) is 0 Å². The van der Waals surface area contributed by atoms with E-state index in [1.165, 1.54) is 17.0 Å². The van der Waals surface area contributed by atoms with Crippen LogP contribution in [0, 0.1) is 10.1 Å². The first kappa shape index (κ1) is 13.5. The van der Waals surface area contributed by atoms with Crippen molar-refractivity contribution in [2.24, 2.45) is 0 Å². The maximum absolute atomic E-state index is 11.7. The average molecular weight is 329 g/mol. The third kappa shape index (κ3) is 2.58. The Morgan fingerprint density at radius 1 is 1.53 bits per heavy atom. The van der Waals surface area contributed by atoms with Crippen molar-refractivity contribution < 1.29 is 19.6 Å². The van der Waals surface area contributed by atoms with Crippen LogP contribution in [0.25, 0.3) is 0 Å². The van der Waals surface area contributed by atoms with Crippen LogP contribution in [0.4, 0.5) is 11.4 Å². The number of anilines is 1. The number of hydrogen-bond acceptors (Lipinski definition) is 4. The van der Waals surface area contributed by atoms with E-state index in [1.807, 2.05) is 0 Å². The molecule has 100 valence electrons. The fraction of sp³-hybridized carbons (Fsp3) is 0.273. The number of nitro benzene ring substituents is 1. The minimum Gasteiger partial charge on any atom is -0.478 e. The molecule has 1 saturated heterocycles. The average Bonchev–Trinajstić information content (AvgIpc) is 2.67. The molecule has 0 bridgehead atoms. The van der Waals surface area contributed by atoms with Gasteiger partial charge in [-0.2, -0.15) is 0 Å². The number of amides is 1. The molecule has 0 saturated carbocycles. The number of non-ortho nitro benzene ring substituents is 1. The van der Waals surface area contributed by atoms with Crippen molar-refractivity contribution in [2.45, 2.75) is 11.2 Å². The molecule has 1 aliphatic heterocycles. The molecule has 2 rings (SSSR count). The molecule has 0 aliphatic carbocycles. The second-order valence-corrected chi connectivity index (χ2v) is 5.36. The van der Waals surface area contributed by atoms with Crippen molar-refractivity contribution in [1.82, 2.24) is 0 Å². The molecule has 0 aromatic heterocycles. The smallest absolute Gasteiger partial charge is 0.338 e. The highest BCUT2D eigenvalue weighted by molar-refractivity contribution is 9.09. The molecule has 1 amide bonds. The lowest BCUT2D eigenvalue weighted by molar-refractivity contribution is -0.384. The molecule has 19 heavy (non-hydrogen) atoms. The number of alkyl halides is 1. The van der Waals surface area contributed by atoms with Crippen LogP contribution in [0.1, 0.15) is 16.8 Å². The number of hydrogen-bond donors (Lipinski definition) is 1. The van der Waals surface area contributed by atoms with Crippen molar-refractivity contribution in [3.8, 4) is 0 Å². The van der Waals surface area contributed by atoms with Gasteiger partial charge in [0, 0.05) is 29.9 Å². The zero-order chi connectivity index (χ0) is 14.2. The highest BCUT2D eigenvalue weighted by atomic mass is 79.9. The summed E-state index contributed by atoms with van der Waals surface area (Å²) in [5.41, 5.74) is -0.377.